The van der Waals surface area contributed by atoms with E-state index in [1.54, 1.807) is 18.0 Å². The monoisotopic (exact) mass is 370 g/mol. The second-order valence-corrected chi connectivity index (χ2v) is 8.71. The fourth-order valence-electron chi connectivity index (χ4n) is 3.33. The number of furan rings is 1. The fourth-order valence-corrected chi connectivity index (χ4v) is 4.78. The average Bonchev–Trinajstić information content (AvgIpc) is 3.19. The van der Waals surface area contributed by atoms with Crippen LogP contribution in [-0.2, 0) is 16.1 Å². The van der Waals surface area contributed by atoms with E-state index in [1.807, 2.05) is 35.8 Å². The van der Waals surface area contributed by atoms with E-state index in [1.165, 1.54) is 0 Å². The molecule has 3 heterocycles. The van der Waals surface area contributed by atoms with Gasteiger partial charge in [-0.3, -0.25) is 9.59 Å². The maximum absolute atomic E-state index is 12.6. The van der Waals surface area contributed by atoms with Crippen molar-refractivity contribution in [2.45, 2.75) is 38.1 Å². The zero-order valence-corrected chi connectivity index (χ0v) is 15.7. The van der Waals surface area contributed by atoms with Crippen molar-refractivity contribution < 1.29 is 14.0 Å². The molecular weight excluding hydrogens is 348 g/mol. The van der Waals surface area contributed by atoms with Crippen molar-refractivity contribution in [3.05, 3.63) is 24.2 Å². The average molecular weight is 371 g/mol. The van der Waals surface area contributed by atoms with Crippen LogP contribution in [0.4, 0.5) is 0 Å². The number of piperidine rings is 1. The molecule has 5 nitrogen and oxygen atoms in total. The first kappa shape index (κ1) is 17.7. The van der Waals surface area contributed by atoms with Gasteiger partial charge in [0.25, 0.3) is 0 Å². The highest BCUT2D eigenvalue weighted by Gasteiger charge is 2.49. The van der Waals surface area contributed by atoms with Crippen molar-refractivity contribution in [1.82, 2.24) is 9.80 Å². The third kappa shape index (κ3) is 3.18. The topological polar surface area (TPSA) is 53.8 Å². The Morgan fingerprint density at radius 1 is 1.42 bits per heavy atom. The van der Waals surface area contributed by atoms with Gasteiger partial charge in [0.05, 0.1) is 28.8 Å². The van der Waals surface area contributed by atoms with Crippen LogP contribution in [0.1, 0.15) is 32.4 Å². The van der Waals surface area contributed by atoms with Crippen LogP contribution in [0, 0.1) is 5.41 Å². The Morgan fingerprint density at radius 3 is 2.71 bits per heavy atom. The zero-order chi connectivity index (χ0) is 17.4. The van der Waals surface area contributed by atoms with Crippen molar-refractivity contribution >= 4 is 35.2 Å². The van der Waals surface area contributed by atoms with Crippen molar-refractivity contribution in [2.75, 3.05) is 24.7 Å². The van der Waals surface area contributed by atoms with Crippen LogP contribution < -0.4 is 0 Å². The highest BCUT2D eigenvalue weighted by atomic mass is 35.5. The largest absolute Gasteiger partial charge is 0.467 e. The molecule has 2 amide bonds. The summed E-state index contributed by atoms with van der Waals surface area (Å²) in [5, 5.41) is 0. The van der Waals surface area contributed by atoms with Crippen LogP contribution in [0.3, 0.4) is 0 Å². The lowest BCUT2D eigenvalue weighted by atomic mass is 9.92. The fraction of sp³-hybridized carbons (Fsp3) is 0.647. The van der Waals surface area contributed by atoms with Gasteiger partial charge in [-0.05, 0) is 38.8 Å². The Kier molecular flexibility index (Phi) is 4.89. The predicted octanol–water partition coefficient (Wildman–Crippen LogP) is 2.94. The molecule has 3 rings (SSSR count). The highest BCUT2D eigenvalue weighted by Crippen LogP contribution is 2.45. The second-order valence-electron chi connectivity index (χ2n) is 7.10. The molecule has 0 radical (unpaired) electrons. The molecule has 0 N–H and O–H groups in total. The molecule has 1 aromatic heterocycles. The molecule has 0 bridgehead atoms. The van der Waals surface area contributed by atoms with Crippen LogP contribution in [0.2, 0.25) is 0 Å². The summed E-state index contributed by atoms with van der Waals surface area (Å²) >= 11 is 7.64. The summed E-state index contributed by atoms with van der Waals surface area (Å²) in [6, 6.07) is 3.73. The molecule has 2 aliphatic rings. The lowest BCUT2D eigenvalue weighted by Crippen LogP contribution is -2.54. The molecule has 0 atom stereocenters. The van der Waals surface area contributed by atoms with E-state index in [2.05, 4.69) is 0 Å². The summed E-state index contributed by atoms with van der Waals surface area (Å²) in [5.74, 6) is 1.86. The number of thioether (sulfide) groups is 1. The van der Waals surface area contributed by atoms with Gasteiger partial charge in [-0.1, -0.05) is 0 Å². The number of alkyl halides is 1. The molecule has 1 aromatic rings. The Bertz CT molecular complexity index is 609. The molecule has 0 saturated carbocycles. The van der Waals surface area contributed by atoms with Crippen LogP contribution in [0.25, 0.3) is 0 Å². The molecule has 2 fully saturated rings. The standard InChI is InChI=1S/C17H23ClN2O3S/c1-16(2,12-18)15(22)19-7-5-17(6-8-19)20(14(21)11-24-17)10-13-4-3-9-23-13/h3-4,9H,5-8,10-12H2,1-2H3. The highest BCUT2D eigenvalue weighted by molar-refractivity contribution is 8.01. The minimum Gasteiger partial charge on any atom is -0.467 e. The van der Waals surface area contributed by atoms with Crippen LogP contribution in [0.15, 0.2) is 22.8 Å². The van der Waals surface area contributed by atoms with Crippen molar-refractivity contribution in [3.63, 3.8) is 0 Å². The number of hydrogen-bond acceptors (Lipinski definition) is 4. The molecule has 2 saturated heterocycles. The maximum Gasteiger partial charge on any atom is 0.234 e. The summed E-state index contributed by atoms with van der Waals surface area (Å²) in [7, 11) is 0. The third-order valence-corrected chi connectivity index (χ3v) is 7.12. The molecular formula is C17H23ClN2O3S. The van der Waals surface area contributed by atoms with E-state index in [0.717, 1.165) is 18.6 Å². The van der Waals surface area contributed by atoms with Gasteiger partial charge in [0.1, 0.15) is 5.76 Å². The van der Waals surface area contributed by atoms with Gasteiger partial charge in [-0.25, -0.2) is 0 Å². The van der Waals surface area contributed by atoms with E-state index in [-0.39, 0.29) is 16.7 Å². The predicted molar refractivity (Wildman–Crippen MR) is 94.8 cm³/mol. The van der Waals surface area contributed by atoms with Gasteiger partial charge in [-0.2, -0.15) is 0 Å². The molecule has 7 heteroatoms. The molecule has 132 valence electrons. The summed E-state index contributed by atoms with van der Waals surface area (Å²) in [6.45, 7) is 5.58. The summed E-state index contributed by atoms with van der Waals surface area (Å²) in [6.07, 6.45) is 3.20. The van der Waals surface area contributed by atoms with Crippen LogP contribution >= 0.6 is 23.4 Å². The number of amides is 2. The smallest absolute Gasteiger partial charge is 0.234 e. The van der Waals surface area contributed by atoms with Gasteiger partial charge in [0.15, 0.2) is 0 Å². The van der Waals surface area contributed by atoms with Gasteiger partial charge in [0, 0.05) is 19.0 Å². The maximum atomic E-state index is 12.6. The normalized spacial score (nSPS) is 20.9. The first-order chi connectivity index (χ1) is 11.4. The van der Waals surface area contributed by atoms with Gasteiger partial charge in [0.2, 0.25) is 11.8 Å². The second kappa shape index (κ2) is 6.64. The molecule has 1 spiro atoms. The summed E-state index contributed by atoms with van der Waals surface area (Å²) in [4.78, 5) is 28.6. The van der Waals surface area contributed by atoms with Gasteiger partial charge < -0.3 is 14.2 Å². The van der Waals surface area contributed by atoms with Gasteiger partial charge in [-0.15, -0.1) is 23.4 Å². The number of carbonyl (C=O) groups excluding carboxylic acids is 2. The lowest BCUT2D eigenvalue weighted by Gasteiger charge is -2.45. The number of hydrogen-bond donors (Lipinski definition) is 0. The van der Waals surface area contributed by atoms with Gasteiger partial charge >= 0.3 is 0 Å². The molecule has 0 aromatic carbocycles. The van der Waals surface area contributed by atoms with Crippen molar-refractivity contribution in [2.24, 2.45) is 5.41 Å². The molecule has 24 heavy (non-hydrogen) atoms. The van der Waals surface area contributed by atoms with E-state index in [9.17, 15) is 9.59 Å². The van der Waals surface area contributed by atoms with E-state index in [4.69, 9.17) is 16.0 Å². The number of likely N-dealkylation sites (tertiary alicyclic amines) is 1. The Hall–Kier alpha value is -1.14. The van der Waals surface area contributed by atoms with Crippen molar-refractivity contribution in [1.29, 1.82) is 0 Å². The first-order valence-corrected chi connectivity index (χ1v) is 9.72. The van der Waals surface area contributed by atoms with E-state index in [0.29, 0.717) is 31.3 Å². The minimum atomic E-state index is -0.543. The molecule has 2 aliphatic heterocycles. The Balaban J connectivity index is 1.69. The van der Waals surface area contributed by atoms with Crippen LogP contribution in [0.5, 0.6) is 0 Å². The zero-order valence-electron chi connectivity index (χ0n) is 14.1. The number of halogens is 1. The van der Waals surface area contributed by atoms with E-state index < -0.39 is 5.41 Å². The van der Waals surface area contributed by atoms with E-state index >= 15 is 0 Å². The minimum absolute atomic E-state index is 0.0965. The number of rotatable bonds is 4. The Labute approximate surface area is 151 Å². The lowest BCUT2D eigenvalue weighted by molar-refractivity contribution is -0.142. The number of carbonyl (C=O) groups is 2. The Morgan fingerprint density at radius 2 is 2.12 bits per heavy atom. The third-order valence-electron chi connectivity index (χ3n) is 4.90. The summed E-state index contributed by atoms with van der Waals surface area (Å²) < 4.78 is 5.41. The molecule has 0 unspecified atom stereocenters. The summed E-state index contributed by atoms with van der Waals surface area (Å²) in [5.41, 5.74) is -0.543. The quantitative estimate of drug-likeness (QED) is 0.765. The molecule has 0 aliphatic carbocycles. The van der Waals surface area contributed by atoms with Crippen molar-refractivity contribution in [3.8, 4) is 0 Å². The SMILES string of the molecule is CC(C)(CCl)C(=O)N1CCC2(CC1)SCC(=O)N2Cc1ccco1. The number of nitrogens with zero attached hydrogens (tertiary/aromatic N) is 2. The first-order valence-electron chi connectivity index (χ1n) is 8.20. The van der Waals surface area contributed by atoms with Crippen LogP contribution in [-0.4, -0.2) is 51.2 Å².